The third-order valence-electron chi connectivity index (χ3n) is 8.72. The predicted octanol–water partition coefficient (Wildman–Crippen LogP) is 4.84. The van der Waals surface area contributed by atoms with E-state index >= 15 is 8.78 Å². The van der Waals surface area contributed by atoms with Gasteiger partial charge in [0.2, 0.25) is 0 Å². The third-order valence-corrected chi connectivity index (χ3v) is 9.37. The summed E-state index contributed by atoms with van der Waals surface area (Å²) in [5.41, 5.74) is -4.17. The number of hydrogen-bond acceptors (Lipinski definition) is 5. The van der Waals surface area contributed by atoms with E-state index in [2.05, 4.69) is 0 Å². The number of ketones is 1. The Kier molecular flexibility index (Phi) is 7.50. The summed E-state index contributed by atoms with van der Waals surface area (Å²) in [4.78, 5) is 33.9. The lowest BCUT2D eigenvalue weighted by Gasteiger charge is -2.62. The molecule has 9 atom stereocenters. The molecular weight excluding hydrogens is 469 g/mol. The molecule has 9 heteroatoms. The van der Waals surface area contributed by atoms with Crippen LogP contribution in [0, 0.1) is 34.5 Å². The summed E-state index contributed by atoms with van der Waals surface area (Å²) in [5.74, 6) is -2.81. The maximum absolute atomic E-state index is 16.9. The van der Waals surface area contributed by atoms with Crippen molar-refractivity contribution >= 4 is 28.6 Å². The fraction of sp³-hybridized carbons (Fsp3) is 0.720. The van der Waals surface area contributed by atoms with Gasteiger partial charge in [-0.25, -0.2) is 13.2 Å². The van der Waals surface area contributed by atoms with Crippen LogP contribution in [0.4, 0.5) is 13.2 Å². The van der Waals surface area contributed by atoms with Gasteiger partial charge in [0.05, 0.1) is 6.10 Å². The van der Waals surface area contributed by atoms with Crippen LogP contribution in [-0.4, -0.2) is 51.0 Å². The topological polar surface area (TPSA) is 91.7 Å². The van der Waals surface area contributed by atoms with E-state index in [0.29, 0.717) is 18.2 Å². The van der Waals surface area contributed by atoms with E-state index in [1.807, 2.05) is 13.8 Å². The Morgan fingerprint density at radius 3 is 2.41 bits per heavy atom. The number of aliphatic hydroxyl groups excluding tert-OH is 1. The average molecular weight is 503 g/mol. The number of aliphatic hydroxyl groups is 1. The van der Waals surface area contributed by atoms with Crippen LogP contribution < -0.4 is 0 Å². The number of carboxylic acid groups (broad SMARTS) is 1. The van der Waals surface area contributed by atoms with Gasteiger partial charge in [0, 0.05) is 23.7 Å². The molecule has 3 saturated carbocycles. The van der Waals surface area contributed by atoms with E-state index in [-0.39, 0.29) is 47.6 Å². The Morgan fingerprint density at radius 2 is 1.85 bits per heavy atom. The lowest BCUT2D eigenvalue weighted by molar-refractivity contribution is -0.201. The molecule has 0 bridgehead atoms. The zero-order chi connectivity index (χ0) is 25.6. The zero-order valence-corrected chi connectivity index (χ0v) is 20.7. The van der Waals surface area contributed by atoms with Crippen molar-refractivity contribution in [3.8, 4) is 0 Å². The van der Waals surface area contributed by atoms with Crippen molar-refractivity contribution in [2.75, 3.05) is 6.01 Å². The third kappa shape index (κ3) is 3.96. The van der Waals surface area contributed by atoms with Crippen LogP contribution in [0.25, 0.3) is 0 Å². The second kappa shape index (κ2) is 9.45. The van der Waals surface area contributed by atoms with Gasteiger partial charge in [-0.2, -0.15) is 0 Å². The molecular formula is C25H33F3O5S. The Morgan fingerprint density at radius 1 is 1.24 bits per heavy atom. The number of rotatable bonds is 3. The molecule has 0 heterocycles. The normalized spacial score (nSPS) is 44.7. The molecule has 0 spiro atoms. The number of carbonyl (C=O) groups excluding carboxylic acids is 2. The van der Waals surface area contributed by atoms with Crippen LogP contribution in [0.5, 0.6) is 0 Å². The molecule has 4 aliphatic rings. The Labute approximate surface area is 202 Å². The van der Waals surface area contributed by atoms with Crippen LogP contribution in [0.3, 0.4) is 0 Å². The van der Waals surface area contributed by atoms with E-state index in [1.54, 1.807) is 13.8 Å². The van der Waals surface area contributed by atoms with Crippen molar-refractivity contribution in [3.63, 3.8) is 0 Å². The van der Waals surface area contributed by atoms with Crippen LogP contribution in [0.1, 0.15) is 53.4 Å². The molecule has 0 aromatic heterocycles. The van der Waals surface area contributed by atoms with Crippen molar-refractivity contribution in [1.82, 2.24) is 0 Å². The fourth-order valence-electron chi connectivity index (χ4n) is 7.22. The van der Waals surface area contributed by atoms with E-state index in [4.69, 9.17) is 5.11 Å². The molecule has 34 heavy (non-hydrogen) atoms. The molecule has 2 N–H and O–H groups in total. The van der Waals surface area contributed by atoms with E-state index < -0.39 is 52.6 Å². The summed E-state index contributed by atoms with van der Waals surface area (Å²) in [5, 5.41) is 18.6. The first-order valence-electron chi connectivity index (χ1n) is 11.7. The minimum Gasteiger partial charge on any atom is -0.481 e. The molecule has 5 nitrogen and oxygen atoms in total. The Bertz CT molecular complexity index is 922. The van der Waals surface area contributed by atoms with Gasteiger partial charge < -0.3 is 10.2 Å². The molecule has 4 rings (SSSR count). The number of alkyl halides is 3. The Balaban J connectivity index is 0.000000588. The van der Waals surface area contributed by atoms with Gasteiger partial charge in [-0.3, -0.25) is 14.4 Å². The SMILES string of the molecule is CCC(=O)O.C[C@@H]1CC2C3C[C@H](F)C4=CC(=O)C=CC4(C)[C@@]3(F)C(O)CC2(C)C1C(=O)SCF. The summed E-state index contributed by atoms with van der Waals surface area (Å²) in [6.07, 6.45) is 1.63. The van der Waals surface area contributed by atoms with Gasteiger partial charge >= 0.3 is 5.97 Å². The second-order valence-electron chi connectivity index (χ2n) is 10.5. The van der Waals surface area contributed by atoms with E-state index in [9.17, 15) is 23.9 Å². The van der Waals surface area contributed by atoms with Crippen LogP contribution in [-0.2, 0) is 14.4 Å². The quantitative estimate of drug-likeness (QED) is 0.574. The standard InChI is InChI=1S/C22H27F3O3S.C3H6O2/c1-11-6-13-14-8-16(24)15-7-12(26)4-5-21(15,3)22(14,25)17(27)9-20(13,2)18(11)19(28)29-10-23;1-2-3(4)5/h4-5,7,11,13-14,16-18,27H,6,8-10H2,1-3H3;2H2,1H3,(H,4,5)/t11-,13?,14?,16+,17?,18?,20?,21?,22+;/m1./s1. The largest absolute Gasteiger partial charge is 0.481 e. The lowest BCUT2D eigenvalue weighted by Crippen LogP contribution is -2.68. The van der Waals surface area contributed by atoms with Crippen LogP contribution in [0.2, 0.25) is 0 Å². The van der Waals surface area contributed by atoms with Gasteiger partial charge in [-0.1, -0.05) is 38.6 Å². The highest BCUT2D eigenvalue weighted by Gasteiger charge is 2.73. The zero-order valence-electron chi connectivity index (χ0n) is 19.9. The first kappa shape index (κ1) is 27.0. The van der Waals surface area contributed by atoms with Gasteiger partial charge in [0.1, 0.15) is 12.2 Å². The summed E-state index contributed by atoms with van der Waals surface area (Å²) in [6.45, 7) is 6.93. The number of aliphatic carboxylic acids is 1. The van der Waals surface area contributed by atoms with Gasteiger partial charge in [0.25, 0.3) is 0 Å². The molecule has 0 aromatic rings. The van der Waals surface area contributed by atoms with Gasteiger partial charge in [-0.15, -0.1) is 0 Å². The van der Waals surface area contributed by atoms with Crippen molar-refractivity contribution in [1.29, 1.82) is 0 Å². The second-order valence-corrected chi connectivity index (χ2v) is 11.4. The van der Waals surface area contributed by atoms with Crippen LogP contribution >= 0.6 is 11.8 Å². The number of allylic oxidation sites excluding steroid dienone is 4. The molecule has 3 fully saturated rings. The van der Waals surface area contributed by atoms with Crippen molar-refractivity contribution in [2.24, 2.45) is 34.5 Å². The number of carboxylic acids is 1. The number of hydrogen-bond donors (Lipinski definition) is 2. The maximum atomic E-state index is 16.9. The number of fused-ring (bicyclic) bond motifs is 5. The number of thioether (sulfide) groups is 1. The van der Waals surface area contributed by atoms with Crippen LogP contribution in [0.15, 0.2) is 23.8 Å². The molecule has 190 valence electrons. The van der Waals surface area contributed by atoms with Gasteiger partial charge in [0.15, 0.2) is 16.6 Å². The maximum Gasteiger partial charge on any atom is 0.303 e. The lowest BCUT2D eigenvalue weighted by atomic mass is 9.45. The summed E-state index contributed by atoms with van der Waals surface area (Å²) in [6, 6.07) is -0.820. The number of halogens is 3. The van der Waals surface area contributed by atoms with E-state index in [0.717, 1.165) is 0 Å². The average Bonchev–Trinajstić information content (AvgIpc) is 3.02. The molecule has 4 aliphatic carbocycles. The molecule has 0 saturated heterocycles. The summed E-state index contributed by atoms with van der Waals surface area (Å²) < 4.78 is 45.0. The Hall–Kier alpha value is -1.61. The van der Waals surface area contributed by atoms with E-state index in [1.165, 1.54) is 18.2 Å². The monoisotopic (exact) mass is 502 g/mol. The van der Waals surface area contributed by atoms with Crippen molar-refractivity contribution in [2.45, 2.75) is 71.3 Å². The molecule has 0 aliphatic heterocycles. The molecule has 0 aromatic carbocycles. The summed E-state index contributed by atoms with van der Waals surface area (Å²) >= 11 is 0.622. The minimum absolute atomic E-state index is 0.0554. The highest BCUT2D eigenvalue weighted by atomic mass is 32.2. The molecule has 6 unspecified atom stereocenters. The smallest absolute Gasteiger partial charge is 0.303 e. The predicted molar refractivity (Wildman–Crippen MR) is 123 cm³/mol. The summed E-state index contributed by atoms with van der Waals surface area (Å²) in [7, 11) is 0. The first-order valence-corrected chi connectivity index (χ1v) is 12.7. The minimum atomic E-state index is -2.13. The highest BCUT2D eigenvalue weighted by Crippen LogP contribution is 2.70. The fourth-order valence-corrected chi connectivity index (χ4v) is 8.01. The van der Waals surface area contributed by atoms with Crippen molar-refractivity contribution < 1.29 is 37.8 Å². The first-order chi connectivity index (χ1) is 15.8. The van der Waals surface area contributed by atoms with Crippen molar-refractivity contribution in [3.05, 3.63) is 23.8 Å². The highest BCUT2D eigenvalue weighted by molar-refractivity contribution is 8.13. The number of carbonyl (C=O) groups is 3. The van der Waals surface area contributed by atoms with Gasteiger partial charge in [-0.05, 0) is 61.2 Å². The molecule has 0 amide bonds. The molecule has 0 radical (unpaired) electrons.